The van der Waals surface area contributed by atoms with Crippen LogP contribution in [0.25, 0.3) is 10.8 Å². The molecule has 9 heteroatoms. The summed E-state index contributed by atoms with van der Waals surface area (Å²) in [7, 11) is 0. The summed E-state index contributed by atoms with van der Waals surface area (Å²) in [6, 6.07) is 16.1. The Morgan fingerprint density at radius 2 is 1.51 bits per heavy atom. The van der Waals surface area contributed by atoms with E-state index in [4.69, 9.17) is 10.5 Å². The van der Waals surface area contributed by atoms with E-state index in [0.29, 0.717) is 11.3 Å². The van der Waals surface area contributed by atoms with Crippen LogP contribution in [0.3, 0.4) is 0 Å². The first kappa shape index (κ1) is 31.1. The van der Waals surface area contributed by atoms with E-state index in [1.807, 2.05) is 68.4 Å². The maximum atomic E-state index is 14.1. The lowest BCUT2D eigenvalue weighted by Gasteiger charge is -2.37. The number of nitrogens with two attached hydrogens (primary N) is 1. The predicted molar refractivity (Wildman–Crippen MR) is 160 cm³/mol. The topological polar surface area (TPSA) is 131 Å². The van der Waals surface area contributed by atoms with Gasteiger partial charge in [0.15, 0.2) is 0 Å². The summed E-state index contributed by atoms with van der Waals surface area (Å²) in [6.45, 7) is 12.4. The molecule has 41 heavy (non-hydrogen) atoms. The second-order valence-electron chi connectivity index (χ2n) is 11.6. The summed E-state index contributed by atoms with van der Waals surface area (Å²) in [6.07, 6.45) is -1.34. The van der Waals surface area contributed by atoms with Crippen LogP contribution in [0.15, 0.2) is 60.7 Å². The van der Waals surface area contributed by atoms with E-state index in [9.17, 15) is 19.2 Å². The Kier molecular flexibility index (Phi) is 9.75. The molecule has 2 unspecified atom stereocenters. The fourth-order valence-electron chi connectivity index (χ4n) is 4.79. The van der Waals surface area contributed by atoms with Crippen molar-refractivity contribution in [2.45, 2.75) is 78.6 Å². The molecule has 0 spiro atoms. The van der Waals surface area contributed by atoms with E-state index in [2.05, 4.69) is 10.6 Å². The van der Waals surface area contributed by atoms with Gasteiger partial charge in [0.05, 0.1) is 6.42 Å². The van der Waals surface area contributed by atoms with E-state index in [1.165, 1.54) is 4.90 Å². The van der Waals surface area contributed by atoms with Crippen molar-refractivity contribution in [2.24, 2.45) is 5.73 Å². The number of amides is 4. The van der Waals surface area contributed by atoms with Crippen molar-refractivity contribution in [1.82, 2.24) is 10.2 Å². The molecule has 0 saturated heterocycles. The van der Waals surface area contributed by atoms with Crippen LogP contribution in [-0.4, -0.2) is 46.4 Å². The number of hydrogen-bond donors (Lipinski definition) is 3. The van der Waals surface area contributed by atoms with Crippen LogP contribution >= 0.6 is 0 Å². The third-order valence-corrected chi connectivity index (χ3v) is 6.31. The molecule has 0 bridgehead atoms. The van der Waals surface area contributed by atoms with Crippen molar-refractivity contribution >= 4 is 40.3 Å². The molecule has 0 aliphatic rings. The third-order valence-electron chi connectivity index (χ3n) is 6.31. The second-order valence-corrected chi connectivity index (χ2v) is 11.6. The smallest absolute Gasteiger partial charge is 0.408 e. The van der Waals surface area contributed by atoms with Gasteiger partial charge in [0, 0.05) is 11.7 Å². The van der Waals surface area contributed by atoms with Crippen molar-refractivity contribution in [3.63, 3.8) is 0 Å². The molecule has 9 nitrogen and oxygen atoms in total. The number of rotatable bonds is 9. The molecule has 0 aromatic heterocycles. The number of carbonyl (C=O) groups is 4. The van der Waals surface area contributed by atoms with Gasteiger partial charge in [0.25, 0.3) is 5.91 Å². The minimum atomic E-state index is -1.34. The predicted octanol–water partition coefficient (Wildman–Crippen LogP) is 5.14. The molecule has 2 atom stereocenters. The first-order valence-electron chi connectivity index (χ1n) is 13.6. The monoisotopic (exact) mass is 560 g/mol. The van der Waals surface area contributed by atoms with Crippen molar-refractivity contribution in [3.05, 3.63) is 77.4 Å². The molecule has 3 rings (SSSR count). The Morgan fingerprint density at radius 3 is 2.07 bits per heavy atom. The lowest BCUT2D eigenvalue weighted by molar-refractivity contribution is -0.143. The van der Waals surface area contributed by atoms with E-state index in [0.717, 1.165) is 21.9 Å². The molecule has 0 saturated carbocycles. The Morgan fingerprint density at radius 1 is 0.902 bits per heavy atom. The van der Waals surface area contributed by atoms with Crippen molar-refractivity contribution < 1.29 is 23.9 Å². The number of fused-ring (bicyclic) bond motifs is 1. The molecule has 3 aromatic carbocycles. The quantitative estimate of drug-likeness (QED) is 0.333. The van der Waals surface area contributed by atoms with Gasteiger partial charge in [-0.1, -0.05) is 59.7 Å². The molecule has 0 heterocycles. The molecular weight excluding hydrogens is 520 g/mol. The number of ether oxygens (including phenoxy) is 1. The van der Waals surface area contributed by atoms with Gasteiger partial charge in [-0.25, -0.2) is 4.79 Å². The molecular formula is C32H40N4O5. The highest BCUT2D eigenvalue weighted by molar-refractivity contribution is 6.01. The van der Waals surface area contributed by atoms with E-state index < -0.39 is 54.0 Å². The van der Waals surface area contributed by atoms with Crippen molar-refractivity contribution in [2.75, 3.05) is 5.32 Å². The molecule has 3 aromatic rings. The second kappa shape index (κ2) is 12.8. The summed E-state index contributed by atoms with van der Waals surface area (Å²) < 4.78 is 5.33. The maximum absolute atomic E-state index is 14.1. The number of benzene rings is 3. The van der Waals surface area contributed by atoms with Crippen LogP contribution in [0.2, 0.25) is 0 Å². The first-order chi connectivity index (χ1) is 19.1. The fraction of sp³-hybridized carbons (Fsp3) is 0.375. The van der Waals surface area contributed by atoms with E-state index in [1.54, 1.807) is 40.7 Å². The van der Waals surface area contributed by atoms with Crippen LogP contribution in [-0.2, 0) is 19.1 Å². The number of carbonyl (C=O) groups excluding carboxylic acids is 4. The van der Waals surface area contributed by atoms with Gasteiger partial charge in [0.1, 0.15) is 17.7 Å². The number of aryl methyl sites for hydroxylation is 2. The molecule has 0 aliphatic heterocycles. The first-order valence-corrected chi connectivity index (χ1v) is 13.6. The highest BCUT2D eigenvalue weighted by atomic mass is 16.6. The average molecular weight is 561 g/mol. The number of primary amides is 1. The number of nitrogens with one attached hydrogen (secondary N) is 2. The Hall–Kier alpha value is -4.40. The molecule has 0 fully saturated rings. The summed E-state index contributed by atoms with van der Waals surface area (Å²) in [4.78, 5) is 54.1. The van der Waals surface area contributed by atoms with Gasteiger partial charge in [-0.15, -0.1) is 0 Å². The van der Waals surface area contributed by atoms with Gasteiger partial charge in [-0.3, -0.25) is 14.4 Å². The Bertz CT molecular complexity index is 1420. The van der Waals surface area contributed by atoms with Crippen LogP contribution < -0.4 is 16.4 Å². The summed E-state index contributed by atoms with van der Waals surface area (Å²) in [5.41, 5.74) is 7.63. The Balaban J connectivity index is 2.06. The van der Waals surface area contributed by atoms with Gasteiger partial charge in [-0.2, -0.15) is 0 Å². The zero-order chi connectivity index (χ0) is 30.5. The summed E-state index contributed by atoms with van der Waals surface area (Å²) >= 11 is 0. The molecule has 4 N–H and O–H groups in total. The molecule has 4 amide bonds. The highest BCUT2D eigenvalue weighted by Crippen LogP contribution is 2.29. The summed E-state index contributed by atoms with van der Waals surface area (Å²) in [5, 5.41) is 7.45. The van der Waals surface area contributed by atoms with Gasteiger partial charge in [-0.05, 0) is 76.9 Å². The van der Waals surface area contributed by atoms with Gasteiger partial charge < -0.3 is 26.0 Å². The standard InChI is InChI=1S/C32H40N4O5/c1-19(2)36(30(39)26(18-27(33)37)35-31(40)41-32(5,6)7)28(24-15-20(3)14-21(4)16-24)29(38)34-25-13-12-22-10-8-9-11-23(22)17-25/h8-17,19,26,28H,18H2,1-7H3,(H2,33,37)(H,34,38)(H,35,40). The molecule has 0 radical (unpaired) electrons. The lowest BCUT2D eigenvalue weighted by atomic mass is 9.97. The molecule has 218 valence electrons. The largest absolute Gasteiger partial charge is 0.444 e. The number of anilines is 1. The fourth-order valence-corrected chi connectivity index (χ4v) is 4.79. The zero-order valence-corrected chi connectivity index (χ0v) is 24.8. The maximum Gasteiger partial charge on any atom is 0.408 e. The highest BCUT2D eigenvalue weighted by Gasteiger charge is 2.38. The SMILES string of the molecule is Cc1cc(C)cc(C(C(=O)Nc2ccc3ccccc3c2)N(C(=O)C(CC(N)=O)NC(=O)OC(C)(C)C)C(C)C)c1. The van der Waals surface area contributed by atoms with Crippen LogP contribution in [0.5, 0.6) is 0 Å². The number of alkyl carbamates (subject to hydrolysis) is 1. The Labute approximate surface area is 241 Å². The molecule has 0 aliphatic carbocycles. The van der Waals surface area contributed by atoms with Crippen molar-refractivity contribution in [3.8, 4) is 0 Å². The van der Waals surface area contributed by atoms with E-state index in [-0.39, 0.29) is 0 Å². The summed E-state index contributed by atoms with van der Waals surface area (Å²) in [5.74, 6) is -1.86. The minimum absolute atomic E-state index is 0.442. The zero-order valence-electron chi connectivity index (χ0n) is 24.8. The van der Waals surface area contributed by atoms with Crippen LogP contribution in [0, 0.1) is 13.8 Å². The van der Waals surface area contributed by atoms with Crippen LogP contribution in [0.4, 0.5) is 10.5 Å². The normalized spacial score (nSPS) is 12.9. The number of hydrogen-bond acceptors (Lipinski definition) is 5. The lowest BCUT2D eigenvalue weighted by Crippen LogP contribution is -2.55. The van der Waals surface area contributed by atoms with Crippen molar-refractivity contribution in [1.29, 1.82) is 0 Å². The van der Waals surface area contributed by atoms with E-state index >= 15 is 0 Å². The number of nitrogens with zero attached hydrogens (tertiary/aromatic N) is 1. The minimum Gasteiger partial charge on any atom is -0.444 e. The average Bonchev–Trinajstić information content (AvgIpc) is 2.84. The van der Waals surface area contributed by atoms with Crippen LogP contribution in [0.1, 0.15) is 63.8 Å². The third kappa shape index (κ3) is 8.54. The van der Waals surface area contributed by atoms with Gasteiger partial charge >= 0.3 is 6.09 Å². The van der Waals surface area contributed by atoms with Gasteiger partial charge in [0.2, 0.25) is 11.8 Å².